The molecule has 1 atom stereocenters. The van der Waals surface area contributed by atoms with Crippen molar-refractivity contribution in [3.8, 4) is 5.75 Å². The van der Waals surface area contributed by atoms with Crippen molar-refractivity contribution in [1.82, 2.24) is 0 Å². The van der Waals surface area contributed by atoms with Crippen LogP contribution in [0.3, 0.4) is 0 Å². The largest absolute Gasteiger partial charge is 0.497 e. The molecule has 0 spiro atoms. The monoisotopic (exact) mass is 454 g/mol. The first-order valence-corrected chi connectivity index (χ1v) is 10.6. The number of nitrogens with zero attached hydrogens (tertiary/aromatic N) is 1. The van der Waals surface area contributed by atoms with E-state index in [1.54, 1.807) is 55.6 Å². The molecule has 9 nitrogen and oxygen atoms in total. The number of rotatable bonds is 9. The van der Waals surface area contributed by atoms with E-state index >= 15 is 0 Å². The van der Waals surface area contributed by atoms with E-state index in [1.807, 2.05) is 6.92 Å². The molecule has 1 fully saturated rings. The summed E-state index contributed by atoms with van der Waals surface area (Å²) in [5, 5.41) is 2.62. The average Bonchev–Trinajstić information content (AvgIpc) is 3.23. The number of hydrogen-bond donors (Lipinski definition) is 1. The Labute approximate surface area is 191 Å². The molecule has 1 aliphatic rings. The van der Waals surface area contributed by atoms with Gasteiger partial charge in [0.2, 0.25) is 5.91 Å². The standard InChI is InChI=1S/C24H26N2O7/c1-3-12-32-23(29)16-4-8-19(9-5-16)26-14-17(13-22(26)28)24(30)33-15-21(27)25-18-6-10-20(31-2)11-7-18/h4-11,17H,3,12-15H2,1-2H3,(H,25,27)/t17-/m1/s1. The van der Waals surface area contributed by atoms with E-state index in [0.29, 0.717) is 29.3 Å². The first kappa shape index (κ1) is 23.8. The minimum absolute atomic E-state index is 0.0147. The van der Waals surface area contributed by atoms with Crippen LogP contribution in [-0.4, -0.2) is 50.6 Å². The minimum atomic E-state index is -0.680. The van der Waals surface area contributed by atoms with Gasteiger partial charge in [0, 0.05) is 24.3 Å². The third-order valence-electron chi connectivity index (χ3n) is 5.03. The predicted molar refractivity (Wildman–Crippen MR) is 120 cm³/mol. The molecular formula is C24H26N2O7. The number of esters is 2. The zero-order chi connectivity index (χ0) is 23.8. The first-order valence-electron chi connectivity index (χ1n) is 10.6. The zero-order valence-electron chi connectivity index (χ0n) is 18.5. The van der Waals surface area contributed by atoms with Crippen molar-refractivity contribution in [2.24, 2.45) is 5.92 Å². The average molecular weight is 454 g/mol. The number of carbonyl (C=O) groups excluding carboxylic acids is 4. The molecule has 174 valence electrons. The topological polar surface area (TPSA) is 111 Å². The molecule has 0 radical (unpaired) electrons. The second kappa shape index (κ2) is 11.1. The van der Waals surface area contributed by atoms with E-state index < -0.39 is 30.4 Å². The molecule has 33 heavy (non-hydrogen) atoms. The van der Waals surface area contributed by atoms with Crippen LogP contribution in [-0.2, 0) is 23.9 Å². The molecule has 1 aliphatic heterocycles. The Morgan fingerprint density at radius 1 is 1.03 bits per heavy atom. The number of benzene rings is 2. The highest BCUT2D eigenvalue weighted by atomic mass is 16.5. The Balaban J connectivity index is 1.50. The van der Waals surface area contributed by atoms with Gasteiger partial charge in [-0.2, -0.15) is 0 Å². The van der Waals surface area contributed by atoms with Crippen LogP contribution in [0.4, 0.5) is 11.4 Å². The lowest BCUT2D eigenvalue weighted by Gasteiger charge is -2.17. The summed E-state index contributed by atoms with van der Waals surface area (Å²) in [4.78, 5) is 50.2. The van der Waals surface area contributed by atoms with Crippen LogP contribution in [0.15, 0.2) is 48.5 Å². The Hall–Kier alpha value is -3.88. The molecule has 1 N–H and O–H groups in total. The molecule has 2 amide bonds. The van der Waals surface area contributed by atoms with Crippen molar-refractivity contribution >= 4 is 35.1 Å². The second-order valence-electron chi connectivity index (χ2n) is 7.47. The fourth-order valence-corrected chi connectivity index (χ4v) is 3.30. The number of anilines is 2. The number of amides is 2. The molecular weight excluding hydrogens is 428 g/mol. The fraction of sp³-hybridized carbons (Fsp3) is 0.333. The molecule has 3 rings (SSSR count). The van der Waals surface area contributed by atoms with Gasteiger partial charge in [0.15, 0.2) is 6.61 Å². The van der Waals surface area contributed by atoms with Crippen molar-refractivity contribution in [2.75, 3.05) is 37.1 Å². The minimum Gasteiger partial charge on any atom is -0.497 e. The van der Waals surface area contributed by atoms with Crippen LogP contribution in [0, 0.1) is 5.92 Å². The number of hydrogen-bond acceptors (Lipinski definition) is 7. The van der Waals surface area contributed by atoms with Gasteiger partial charge in [-0.25, -0.2) is 4.79 Å². The van der Waals surface area contributed by atoms with E-state index in [0.717, 1.165) is 6.42 Å². The van der Waals surface area contributed by atoms with Crippen LogP contribution in [0.2, 0.25) is 0 Å². The maximum atomic E-state index is 12.4. The van der Waals surface area contributed by atoms with Crippen molar-refractivity contribution in [2.45, 2.75) is 19.8 Å². The third kappa shape index (κ3) is 6.31. The van der Waals surface area contributed by atoms with E-state index in [9.17, 15) is 19.2 Å². The van der Waals surface area contributed by atoms with Gasteiger partial charge in [-0.15, -0.1) is 0 Å². The lowest BCUT2D eigenvalue weighted by molar-refractivity contribution is -0.151. The summed E-state index contributed by atoms with van der Waals surface area (Å²) in [6.45, 7) is 1.93. The molecule has 1 heterocycles. The molecule has 2 aromatic rings. The van der Waals surface area contributed by atoms with E-state index in [-0.39, 0.29) is 18.9 Å². The lowest BCUT2D eigenvalue weighted by Crippen LogP contribution is -2.28. The summed E-state index contributed by atoms with van der Waals surface area (Å²) in [5.74, 6) is -1.79. The number of nitrogens with one attached hydrogen (secondary N) is 1. The van der Waals surface area contributed by atoms with Crippen molar-refractivity contribution in [3.05, 3.63) is 54.1 Å². The van der Waals surface area contributed by atoms with E-state index in [1.165, 1.54) is 4.90 Å². The van der Waals surface area contributed by atoms with Crippen LogP contribution >= 0.6 is 0 Å². The molecule has 0 bridgehead atoms. The van der Waals surface area contributed by atoms with Gasteiger partial charge in [0.25, 0.3) is 5.91 Å². The highest BCUT2D eigenvalue weighted by molar-refractivity contribution is 6.00. The summed E-state index contributed by atoms with van der Waals surface area (Å²) < 4.78 is 15.3. The molecule has 0 aromatic heterocycles. The fourth-order valence-electron chi connectivity index (χ4n) is 3.30. The lowest BCUT2D eigenvalue weighted by atomic mass is 10.1. The summed E-state index contributed by atoms with van der Waals surface area (Å²) >= 11 is 0. The van der Waals surface area contributed by atoms with Crippen molar-refractivity contribution in [3.63, 3.8) is 0 Å². The second-order valence-corrected chi connectivity index (χ2v) is 7.47. The van der Waals surface area contributed by atoms with Crippen LogP contribution in [0.5, 0.6) is 5.75 Å². The van der Waals surface area contributed by atoms with Gasteiger partial charge in [0.1, 0.15) is 5.75 Å². The Kier molecular flexibility index (Phi) is 8.01. The quantitative estimate of drug-likeness (QED) is 0.580. The van der Waals surface area contributed by atoms with Gasteiger partial charge in [0.05, 0.1) is 25.2 Å². The Bertz CT molecular complexity index is 1000. The van der Waals surface area contributed by atoms with Crippen LogP contribution in [0.25, 0.3) is 0 Å². The third-order valence-corrected chi connectivity index (χ3v) is 5.03. The van der Waals surface area contributed by atoms with Gasteiger partial charge < -0.3 is 24.4 Å². The Morgan fingerprint density at radius 2 is 1.73 bits per heavy atom. The first-order chi connectivity index (χ1) is 15.9. The molecule has 0 aliphatic carbocycles. The number of methoxy groups -OCH3 is 1. The summed E-state index contributed by atoms with van der Waals surface area (Å²) in [5.41, 5.74) is 1.50. The van der Waals surface area contributed by atoms with E-state index in [4.69, 9.17) is 14.2 Å². The normalized spacial score (nSPS) is 15.2. The summed E-state index contributed by atoms with van der Waals surface area (Å²) in [7, 11) is 1.54. The van der Waals surface area contributed by atoms with Gasteiger partial charge >= 0.3 is 11.9 Å². The van der Waals surface area contributed by atoms with Crippen molar-refractivity contribution < 1.29 is 33.4 Å². The molecule has 1 saturated heterocycles. The highest BCUT2D eigenvalue weighted by Crippen LogP contribution is 2.26. The van der Waals surface area contributed by atoms with Gasteiger partial charge in [-0.1, -0.05) is 6.92 Å². The summed E-state index contributed by atoms with van der Waals surface area (Å²) in [6, 6.07) is 13.2. The Morgan fingerprint density at radius 3 is 2.36 bits per heavy atom. The molecule has 9 heteroatoms. The predicted octanol–water partition coefficient (Wildman–Crippen LogP) is 2.80. The van der Waals surface area contributed by atoms with Gasteiger partial charge in [-0.05, 0) is 55.0 Å². The molecule has 2 aromatic carbocycles. The maximum absolute atomic E-state index is 12.4. The highest BCUT2D eigenvalue weighted by Gasteiger charge is 2.36. The summed E-state index contributed by atoms with van der Waals surface area (Å²) in [6.07, 6.45) is 0.714. The van der Waals surface area contributed by atoms with Crippen molar-refractivity contribution in [1.29, 1.82) is 0 Å². The zero-order valence-corrected chi connectivity index (χ0v) is 18.5. The van der Waals surface area contributed by atoms with Gasteiger partial charge in [-0.3, -0.25) is 14.4 Å². The number of ether oxygens (including phenoxy) is 3. The maximum Gasteiger partial charge on any atom is 0.338 e. The smallest absolute Gasteiger partial charge is 0.338 e. The van der Waals surface area contributed by atoms with Crippen LogP contribution in [0.1, 0.15) is 30.1 Å². The SMILES string of the molecule is CCCOC(=O)c1ccc(N2C[C@H](C(=O)OCC(=O)Nc3ccc(OC)cc3)CC2=O)cc1. The van der Waals surface area contributed by atoms with E-state index in [2.05, 4.69) is 5.32 Å². The number of carbonyl (C=O) groups is 4. The van der Waals surface area contributed by atoms with Crippen LogP contribution < -0.4 is 15.0 Å². The molecule has 0 saturated carbocycles. The molecule has 0 unspecified atom stereocenters.